The van der Waals surface area contributed by atoms with Gasteiger partial charge in [0.15, 0.2) is 5.17 Å². The van der Waals surface area contributed by atoms with Gasteiger partial charge in [-0.3, -0.25) is 0 Å². The molecular weight excluding hydrogens is 218 g/mol. The number of anilines is 1. The van der Waals surface area contributed by atoms with E-state index in [0.29, 0.717) is 0 Å². The lowest BCUT2D eigenvalue weighted by atomic mass is 10.2. The zero-order chi connectivity index (χ0) is 12.0. The van der Waals surface area contributed by atoms with Gasteiger partial charge < -0.3 is 4.90 Å². The van der Waals surface area contributed by atoms with E-state index in [9.17, 15) is 0 Å². The quantitative estimate of drug-likeness (QED) is 0.448. The first-order valence-electron chi connectivity index (χ1n) is 5.08. The number of nitrogens with zero attached hydrogens (tertiary/aromatic N) is 3. The standard InChI is InChI=1S/C12H15N3S/c1-4-15(12(16-3)14-9-13)11-8-6-5-7-10(11)2/h5-8H,4H2,1-3H3. The molecule has 0 aliphatic heterocycles. The zero-order valence-corrected chi connectivity index (χ0v) is 10.6. The van der Waals surface area contributed by atoms with Crippen LogP contribution in [0.5, 0.6) is 0 Å². The average Bonchev–Trinajstić information content (AvgIpc) is 2.31. The Labute approximate surface area is 101 Å². The van der Waals surface area contributed by atoms with Gasteiger partial charge in [-0.2, -0.15) is 5.26 Å². The molecule has 4 heteroatoms. The highest BCUT2D eigenvalue weighted by atomic mass is 32.2. The van der Waals surface area contributed by atoms with Gasteiger partial charge in [-0.05, 0) is 31.7 Å². The van der Waals surface area contributed by atoms with E-state index >= 15 is 0 Å². The molecule has 0 fully saturated rings. The normalized spacial score (nSPS) is 11.0. The molecule has 0 heterocycles. The largest absolute Gasteiger partial charge is 0.320 e. The third-order valence-corrected chi connectivity index (χ3v) is 2.96. The molecular formula is C12H15N3S. The summed E-state index contributed by atoms with van der Waals surface area (Å²) in [7, 11) is 0. The Morgan fingerprint density at radius 1 is 1.50 bits per heavy atom. The molecule has 0 aromatic heterocycles. The Morgan fingerprint density at radius 3 is 2.69 bits per heavy atom. The van der Waals surface area contributed by atoms with Crippen LogP contribution >= 0.6 is 11.8 Å². The van der Waals surface area contributed by atoms with Crippen molar-refractivity contribution in [1.29, 1.82) is 5.26 Å². The summed E-state index contributed by atoms with van der Waals surface area (Å²) < 4.78 is 0. The van der Waals surface area contributed by atoms with E-state index in [1.807, 2.05) is 35.5 Å². The topological polar surface area (TPSA) is 39.4 Å². The molecule has 0 aliphatic rings. The highest BCUT2D eigenvalue weighted by Crippen LogP contribution is 2.22. The van der Waals surface area contributed by atoms with Crippen LogP contribution in [-0.4, -0.2) is 18.0 Å². The lowest BCUT2D eigenvalue weighted by Gasteiger charge is -2.24. The summed E-state index contributed by atoms with van der Waals surface area (Å²) in [6.07, 6.45) is 3.78. The van der Waals surface area contributed by atoms with Crippen LogP contribution in [0.3, 0.4) is 0 Å². The van der Waals surface area contributed by atoms with Gasteiger partial charge in [0.25, 0.3) is 0 Å². The number of aliphatic imine (C=N–C) groups is 1. The summed E-state index contributed by atoms with van der Waals surface area (Å²) in [6.45, 7) is 4.91. The van der Waals surface area contributed by atoms with E-state index in [2.05, 4.69) is 24.9 Å². The molecule has 0 radical (unpaired) electrons. The molecule has 0 atom stereocenters. The molecule has 0 amide bonds. The maximum absolute atomic E-state index is 8.65. The molecule has 1 aromatic rings. The van der Waals surface area contributed by atoms with Crippen molar-refractivity contribution in [2.24, 2.45) is 4.99 Å². The number of para-hydroxylation sites is 1. The molecule has 84 valence electrons. The number of aryl methyl sites for hydroxylation is 1. The number of benzene rings is 1. The van der Waals surface area contributed by atoms with E-state index < -0.39 is 0 Å². The van der Waals surface area contributed by atoms with Crippen molar-refractivity contribution in [3.05, 3.63) is 29.8 Å². The van der Waals surface area contributed by atoms with Crippen LogP contribution < -0.4 is 4.90 Å². The minimum Gasteiger partial charge on any atom is -0.320 e. The van der Waals surface area contributed by atoms with Gasteiger partial charge in [0.05, 0.1) is 0 Å². The summed E-state index contributed by atoms with van der Waals surface area (Å²) in [6, 6.07) is 8.10. The van der Waals surface area contributed by atoms with Gasteiger partial charge in [-0.15, -0.1) is 4.99 Å². The first kappa shape index (κ1) is 12.6. The van der Waals surface area contributed by atoms with Gasteiger partial charge >= 0.3 is 0 Å². The molecule has 0 N–H and O–H groups in total. The van der Waals surface area contributed by atoms with Gasteiger partial charge in [0, 0.05) is 12.2 Å². The second kappa shape index (κ2) is 6.19. The number of amidine groups is 1. The molecule has 0 aliphatic carbocycles. The van der Waals surface area contributed by atoms with E-state index in [0.717, 1.165) is 17.4 Å². The first-order valence-corrected chi connectivity index (χ1v) is 6.31. The lowest BCUT2D eigenvalue weighted by Crippen LogP contribution is -2.28. The predicted molar refractivity (Wildman–Crippen MR) is 70.8 cm³/mol. The van der Waals surface area contributed by atoms with Crippen LogP contribution in [0.2, 0.25) is 0 Å². The minimum atomic E-state index is 0.735. The van der Waals surface area contributed by atoms with Crippen molar-refractivity contribution < 1.29 is 0 Å². The van der Waals surface area contributed by atoms with Crippen molar-refractivity contribution >= 4 is 22.6 Å². The molecule has 16 heavy (non-hydrogen) atoms. The van der Waals surface area contributed by atoms with Crippen molar-refractivity contribution in [2.75, 3.05) is 17.7 Å². The smallest absolute Gasteiger partial charge is 0.208 e. The number of hydrogen-bond acceptors (Lipinski definition) is 3. The van der Waals surface area contributed by atoms with Gasteiger partial charge in [-0.1, -0.05) is 30.0 Å². The van der Waals surface area contributed by atoms with Crippen LogP contribution in [0.4, 0.5) is 5.69 Å². The Kier molecular flexibility index (Phi) is 4.87. The van der Waals surface area contributed by atoms with Crippen LogP contribution in [0.1, 0.15) is 12.5 Å². The lowest BCUT2D eigenvalue weighted by molar-refractivity contribution is 1.06. The summed E-state index contributed by atoms with van der Waals surface area (Å²) in [4.78, 5) is 5.89. The molecule has 3 nitrogen and oxygen atoms in total. The van der Waals surface area contributed by atoms with Crippen LogP contribution in [0, 0.1) is 18.4 Å². The van der Waals surface area contributed by atoms with Crippen LogP contribution in [0.15, 0.2) is 29.3 Å². The first-order chi connectivity index (χ1) is 7.74. The summed E-state index contributed by atoms with van der Waals surface area (Å²) in [5.41, 5.74) is 2.29. The van der Waals surface area contributed by atoms with Crippen molar-refractivity contribution in [1.82, 2.24) is 0 Å². The maximum Gasteiger partial charge on any atom is 0.208 e. The van der Waals surface area contributed by atoms with Crippen molar-refractivity contribution in [2.45, 2.75) is 13.8 Å². The Balaban J connectivity index is 3.13. The van der Waals surface area contributed by atoms with Gasteiger partial charge in [0.2, 0.25) is 6.19 Å². The Morgan fingerprint density at radius 2 is 2.19 bits per heavy atom. The summed E-state index contributed by atoms with van der Waals surface area (Å²) >= 11 is 1.48. The molecule has 0 unspecified atom stereocenters. The summed E-state index contributed by atoms with van der Waals surface area (Å²) in [5, 5.41) is 9.39. The summed E-state index contributed by atoms with van der Waals surface area (Å²) in [5.74, 6) is 0. The maximum atomic E-state index is 8.65. The third kappa shape index (κ3) is 2.77. The fraction of sp³-hybridized carbons (Fsp3) is 0.333. The minimum absolute atomic E-state index is 0.735. The highest BCUT2D eigenvalue weighted by Gasteiger charge is 2.12. The fourth-order valence-electron chi connectivity index (χ4n) is 1.53. The van der Waals surface area contributed by atoms with E-state index in [1.54, 1.807) is 0 Å². The second-order valence-corrected chi connectivity index (χ2v) is 4.00. The average molecular weight is 233 g/mol. The number of hydrogen-bond donors (Lipinski definition) is 0. The molecule has 0 spiro atoms. The third-order valence-electron chi connectivity index (χ3n) is 2.28. The predicted octanol–water partition coefficient (Wildman–Crippen LogP) is 3.02. The Bertz CT molecular complexity index is 421. The molecule has 0 saturated carbocycles. The van der Waals surface area contributed by atoms with E-state index in [-0.39, 0.29) is 0 Å². The van der Waals surface area contributed by atoms with Crippen molar-refractivity contribution in [3.63, 3.8) is 0 Å². The highest BCUT2D eigenvalue weighted by molar-refractivity contribution is 8.13. The molecule has 1 aromatic carbocycles. The number of nitriles is 1. The van der Waals surface area contributed by atoms with Gasteiger partial charge in [-0.25, -0.2) is 0 Å². The fourth-order valence-corrected chi connectivity index (χ4v) is 2.11. The number of thioether (sulfide) groups is 1. The molecule has 1 rings (SSSR count). The van der Waals surface area contributed by atoms with Crippen LogP contribution in [-0.2, 0) is 0 Å². The van der Waals surface area contributed by atoms with Gasteiger partial charge in [0.1, 0.15) is 0 Å². The zero-order valence-electron chi connectivity index (χ0n) is 9.77. The second-order valence-electron chi connectivity index (χ2n) is 3.23. The SMILES string of the molecule is CCN(C(=NC#N)SC)c1ccccc1C. The molecule has 0 bridgehead atoms. The Hall–Kier alpha value is -1.47. The molecule has 0 saturated heterocycles. The van der Waals surface area contributed by atoms with E-state index in [4.69, 9.17) is 5.26 Å². The monoisotopic (exact) mass is 233 g/mol. The van der Waals surface area contributed by atoms with Crippen LogP contribution in [0.25, 0.3) is 0 Å². The number of rotatable bonds is 2. The van der Waals surface area contributed by atoms with E-state index in [1.165, 1.54) is 17.3 Å². The van der Waals surface area contributed by atoms with Crippen molar-refractivity contribution in [3.8, 4) is 6.19 Å².